The van der Waals surface area contributed by atoms with E-state index < -0.39 is 11.7 Å². The van der Waals surface area contributed by atoms with Crippen molar-refractivity contribution >= 4 is 12.2 Å². The van der Waals surface area contributed by atoms with Gasteiger partial charge in [-0.2, -0.15) is 0 Å². The van der Waals surface area contributed by atoms with Gasteiger partial charge in [0, 0.05) is 19.6 Å². The van der Waals surface area contributed by atoms with Crippen LogP contribution in [-0.2, 0) is 20.8 Å². The topological polar surface area (TPSA) is 77.1 Å². The largest absolute Gasteiger partial charge is 0.445 e. The number of alkyl carbamates (subject to hydrolysis) is 1. The van der Waals surface area contributed by atoms with Crippen LogP contribution >= 0.6 is 0 Å². The van der Waals surface area contributed by atoms with E-state index in [9.17, 15) is 9.59 Å². The first-order chi connectivity index (χ1) is 14.2. The number of carbonyl (C=O) groups is 2. The third-order valence-electron chi connectivity index (χ3n) is 5.78. The SMILES string of the molecule is CC(C)(C)OC(=O)N1CCC2(CC[C@@H](CNC(=O)OCc3ccccc3)OC2)CC1. The summed E-state index contributed by atoms with van der Waals surface area (Å²) in [6.45, 7) is 8.44. The molecule has 0 aliphatic carbocycles. The van der Waals surface area contributed by atoms with Gasteiger partial charge in [-0.05, 0) is 57.4 Å². The summed E-state index contributed by atoms with van der Waals surface area (Å²) in [7, 11) is 0. The highest BCUT2D eigenvalue weighted by Crippen LogP contribution is 2.40. The molecule has 1 spiro atoms. The highest BCUT2D eigenvalue weighted by molar-refractivity contribution is 5.68. The lowest BCUT2D eigenvalue weighted by Gasteiger charge is -2.45. The van der Waals surface area contributed by atoms with Crippen LogP contribution < -0.4 is 5.32 Å². The van der Waals surface area contributed by atoms with Gasteiger partial charge in [-0.1, -0.05) is 30.3 Å². The van der Waals surface area contributed by atoms with Crippen molar-refractivity contribution in [1.29, 1.82) is 0 Å². The second kappa shape index (κ2) is 9.69. The Morgan fingerprint density at radius 1 is 1.17 bits per heavy atom. The van der Waals surface area contributed by atoms with E-state index >= 15 is 0 Å². The summed E-state index contributed by atoms with van der Waals surface area (Å²) < 4.78 is 16.8. The molecule has 0 aromatic heterocycles. The van der Waals surface area contributed by atoms with Crippen molar-refractivity contribution in [1.82, 2.24) is 10.2 Å². The van der Waals surface area contributed by atoms with E-state index in [2.05, 4.69) is 5.32 Å². The molecule has 1 N–H and O–H groups in total. The molecular formula is C23H34N2O5. The summed E-state index contributed by atoms with van der Waals surface area (Å²) in [6.07, 6.45) is 3.13. The van der Waals surface area contributed by atoms with Gasteiger partial charge in [-0.15, -0.1) is 0 Å². The molecule has 2 aliphatic heterocycles. The number of piperidine rings is 1. The highest BCUT2D eigenvalue weighted by atomic mass is 16.6. The molecule has 7 heteroatoms. The van der Waals surface area contributed by atoms with Gasteiger partial charge < -0.3 is 24.4 Å². The minimum Gasteiger partial charge on any atom is -0.445 e. The van der Waals surface area contributed by atoms with Crippen molar-refractivity contribution in [3.63, 3.8) is 0 Å². The highest BCUT2D eigenvalue weighted by Gasteiger charge is 2.40. The zero-order chi connectivity index (χ0) is 21.6. The summed E-state index contributed by atoms with van der Waals surface area (Å²) in [5.74, 6) is 0. The Labute approximate surface area is 179 Å². The smallest absolute Gasteiger partial charge is 0.410 e. The summed E-state index contributed by atoms with van der Waals surface area (Å²) in [5.41, 5.74) is 0.618. The first-order valence-electron chi connectivity index (χ1n) is 10.8. The van der Waals surface area contributed by atoms with Crippen molar-refractivity contribution in [2.24, 2.45) is 5.41 Å². The Hall–Kier alpha value is -2.28. The molecular weight excluding hydrogens is 384 g/mol. The van der Waals surface area contributed by atoms with E-state index in [0.29, 0.717) is 26.2 Å². The minimum atomic E-state index is -0.470. The maximum atomic E-state index is 12.3. The van der Waals surface area contributed by atoms with Crippen LogP contribution in [0.15, 0.2) is 30.3 Å². The quantitative estimate of drug-likeness (QED) is 0.796. The number of benzene rings is 1. The molecule has 0 radical (unpaired) electrons. The molecule has 30 heavy (non-hydrogen) atoms. The number of likely N-dealkylation sites (tertiary alicyclic amines) is 1. The molecule has 2 aliphatic rings. The number of hydrogen-bond donors (Lipinski definition) is 1. The van der Waals surface area contributed by atoms with Crippen molar-refractivity contribution in [3.8, 4) is 0 Å². The molecule has 1 aromatic carbocycles. The van der Waals surface area contributed by atoms with Crippen LogP contribution in [-0.4, -0.2) is 55.0 Å². The van der Waals surface area contributed by atoms with Crippen LogP contribution in [0.5, 0.6) is 0 Å². The van der Waals surface area contributed by atoms with Gasteiger partial charge in [-0.25, -0.2) is 9.59 Å². The van der Waals surface area contributed by atoms with E-state index in [4.69, 9.17) is 14.2 Å². The molecule has 3 rings (SSSR count). The minimum absolute atomic E-state index is 0.00351. The lowest BCUT2D eigenvalue weighted by Crippen LogP contribution is -2.49. The third-order valence-corrected chi connectivity index (χ3v) is 5.78. The molecule has 2 heterocycles. The summed E-state index contributed by atoms with van der Waals surface area (Å²) in [4.78, 5) is 26.0. The second-order valence-electron chi connectivity index (χ2n) is 9.38. The van der Waals surface area contributed by atoms with Crippen LogP contribution in [0.3, 0.4) is 0 Å². The molecule has 0 bridgehead atoms. The van der Waals surface area contributed by atoms with Crippen molar-refractivity contribution in [2.75, 3.05) is 26.2 Å². The Morgan fingerprint density at radius 2 is 1.87 bits per heavy atom. The van der Waals surface area contributed by atoms with E-state index in [0.717, 1.165) is 31.2 Å². The van der Waals surface area contributed by atoms with E-state index in [1.54, 1.807) is 4.90 Å². The average Bonchev–Trinajstić information content (AvgIpc) is 2.72. The fourth-order valence-corrected chi connectivity index (χ4v) is 3.93. The predicted molar refractivity (Wildman–Crippen MR) is 113 cm³/mol. The Morgan fingerprint density at radius 3 is 2.47 bits per heavy atom. The molecule has 7 nitrogen and oxygen atoms in total. The van der Waals surface area contributed by atoms with Gasteiger partial charge in [0.25, 0.3) is 0 Å². The molecule has 1 atom stereocenters. The van der Waals surface area contributed by atoms with Gasteiger partial charge in [0.2, 0.25) is 0 Å². The number of nitrogens with zero attached hydrogens (tertiary/aromatic N) is 1. The Kier molecular flexibility index (Phi) is 7.23. The van der Waals surface area contributed by atoms with Crippen molar-refractivity contribution in [2.45, 2.75) is 64.8 Å². The van der Waals surface area contributed by atoms with E-state index in [1.807, 2.05) is 51.1 Å². The molecule has 0 unspecified atom stereocenters. The molecule has 0 saturated carbocycles. The van der Waals surface area contributed by atoms with E-state index in [-0.39, 0.29) is 24.2 Å². The molecule has 2 saturated heterocycles. The number of ether oxygens (including phenoxy) is 3. The summed E-state index contributed by atoms with van der Waals surface area (Å²) in [5, 5.41) is 2.80. The zero-order valence-electron chi connectivity index (χ0n) is 18.3. The van der Waals surface area contributed by atoms with Gasteiger partial charge in [0.05, 0.1) is 12.7 Å². The number of nitrogens with one attached hydrogen (secondary N) is 1. The lowest BCUT2D eigenvalue weighted by atomic mass is 9.73. The summed E-state index contributed by atoms with van der Waals surface area (Å²) >= 11 is 0. The maximum absolute atomic E-state index is 12.3. The standard InChI is InChI=1S/C23H34N2O5/c1-22(2,3)30-21(27)25-13-11-23(12-14-25)10-9-19(29-17-23)15-24-20(26)28-16-18-7-5-4-6-8-18/h4-8,19H,9-17H2,1-3H3,(H,24,26)/t19-/m0/s1. The summed E-state index contributed by atoms with van der Waals surface area (Å²) in [6, 6.07) is 9.61. The van der Waals surface area contributed by atoms with Gasteiger partial charge in [0.1, 0.15) is 12.2 Å². The fraction of sp³-hybridized carbons (Fsp3) is 0.652. The molecule has 2 fully saturated rings. The van der Waals surface area contributed by atoms with Crippen molar-refractivity contribution in [3.05, 3.63) is 35.9 Å². The van der Waals surface area contributed by atoms with Crippen LogP contribution in [0.2, 0.25) is 0 Å². The van der Waals surface area contributed by atoms with Crippen LogP contribution in [0, 0.1) is 5.41 Å². The number of rotatable bonds is 4. The van der Waals surface area contributed by atoms with Crippen LogP contribution in [0.4, 0.5) is 9.59 Å². The Bertz CT molecular complexity index is 698. The number of carbonyl (C=O) groups excluding carboxylic acids is 2. The fourth-order valence-electron chi connectivity index (χ4n) is 3.93. The lowest BCUT2D eigenvalue weighted by molar-refractivity contribution is -0.0846. The van der Waals surface area contributed by atoms with Crippen LogP contribution in [0.25, 0.3) is 0 Å². The van der Waals surface area contributed by atoms with Crippen molar-refractivity contribution < 1.29 is 23.8 Å². The Balaban J connectivity index is 1.34. The average molecular weight is 419 g/mol. The van der Waals surface area contributed by atoms with E-state index in [1.165, 1.54) is 0 Å². The normalized spacial score (nSPS) is 21.2. The maximum Gasteiger partial charge on any atom is 0.410 e. The first kappa shape index (κ1) is 22.4. The number of hydrogen-bond acceptors (Lipinski definition) is 5. The van der Waals surface area contributed by atoms with Gasteiger partial charge in [0.15, 0.2) is 0 Å². The first-order valence-corrected chi connectivity index (χ1v) is 10.8. The molecule has 2 amide bonds. The van der Waals surface area contributed by atoms with Crippen LogP contribution in [0.1, 0.15) is 52.0 Å². The van der Waals surface area contributed by atoms with Gasteiger partial charge in [-0.3, -0.25) is 0 Å². The van der Waals surface area contributed by atoms with Gasteiger partial charge >= 0.3 is 12.2 Å². The third kappa shape index (κ3) is 6.62. The number of amides is 2. The molecule has 1 aromatic rings. The second-order valence-corrected chi connectivity index (χ2v) is 9.38. The predicted octanol–water partition coefficient (Wildman–Crippen LogP) is 4.11. The monoisotopic (exact) mass is 418 g/mol. The zero-order valence-corrected chi connectivity index (χ0v) is 18.3. The molecule has 166 valence electrons.